The fraction of sp³-hybridized carbons (Fsp3) is 0.333. The Morgan fingerprint density at radius 1 is 0.873 bits per heavy atom. The molecule has 55 heavy (non-hydrogen) atoms. The molecule has 1 aromatic heterocycles. The highest BCUT2D eigenvalue weighted by Crippen LogP contribution is 2.39. The smallest absolute Gasteiger partial charge is 0.262 e. The van der Waals surface area contributed by atoms with Gasteiger partial charge in [0.1, 0.15) is 30.3 Å². The number of piperidine rings is 1. The molecule has 1 atom stereocenters. The highest BCUT2D eigenvalue weighted by Gasteiger charge is 2.50. The highest BCUT2D eigenvalue weighted by atomic mass is 32.2. The third-order valence-corrected chi connectivity index (χ3v) is 12.5. The maximum absolute atomic E-state index is 13.4. The average Bonchev–Trinajstić information content (AvgIpc) is 3.37. The third-order valence-electron chi connectivity index (χ3n) is 10.7. The van der Waals surface area contributed by atoms with E-state index in [9.17, 15) is 27.6 Å². The summed E-state index contributed by atoms with van der Waals surface area (Å²) in [4.78, 5) is 62.4. The molecule has 2 N–H and O–H groups in total. The molecular formula is C39H36N6O9S. The average molecular weight is 765 g/mol. The topological polar surface area (TPSA) is 186 Å². The van der Waals surface area contributed by atoms with Crippen molar-refractivity contribution in [2.75, 3.05) is 36.5 Å². The van der Waals surface area contributed by atoms with Crippen LogP contribution < -0.4 is 25.0 Å². The molecule has 0 radical (unpaired) electrons. The lowest BCUT2D eigenvalue weighted by Crippen LogP contribution is -2.66. The number of sulfone groups is 1. The molecule has 3 saturated heterocycles. The first-order chi connectivity index (χ1) is 26.5. The zero-order valence-corrected chi connectivity index (χ0v) is 30.3. The van der Waals surface area contributed by atoms with Crippen molar-refractivity contribution < 1.29 is 41.8 Å². The zero-order chi connectivity index (χ0) is 37.9. The van der Waals surface area contributed by atoms with Crippen LogP contribution in [0.5, 0.6) is 11.5 Å². The lowest BCUT2D eigenvalue weighted by molar-refractivity contribution is -0.136. The van der Waals surface area contributed by atoms with Crippen LogP contribution in [0.1, 0.15) is 52.1 Å². The van der Waals surface area contributed by atoms with Crippen molar-refractivity contribution in [2.45, 2.75) is 60.3 Å². The van der Waals surface area contributed by atoms with Gasteiger partial charge in [0.15, 0.2) is 0 Å². The first-order valence-corrected chi connectivity index (χ1v) is 19.5. The van der Waals surface area contributed by atoms with Gasteiger partial charge in [-0.05, 0) is 79.2 Å². The van der Waals surface area contributed by atoms with Crippen LogP contribution in [0.15, 0.2) is 88.8 Å². The second-order valence-corrected chi connectivity index (χ2v) is 16.6. The van der Waals surface area contributed by atoms with Gasteiger partial charge >= 0.3 is 0 Å². The van der Waals surface area contributed by atoms with Crippen LogP contribution in [0.2, 0.25) is 0 Å². The number of aromatic nitrogens is 2. The van der Waals surface area contributed by atoms with Gasteiger partial charge in [-0.25, -0.2) is 18.4 Å². The van der Waals surface area contributed by atoms with E-state index in [1.165, 1.54) is 24.3 Å². The van der Waals surface area contributed by atoms with Gasteiger partial charge in [-0.1, -0.05) is 0 Å². The fourth-order valence-electron chi connectivity index (χ4n) is 7.57. The van der Waals surface area contributed by atoms with Crippen molar-refractivity contribution in [1.82, 2.24) is 20.2 Å². The molecule has 4 fully saturated rings. The number of amides is 4. The number of anilines is 2. The number of ether oxygens (including phenoxy) is 3. The molecule has 5 heterocycles. The van der Waals surface area contributed by atoms with Crippen LogP contribution in [0.4, 0.5) is 11.6 Å². The number of carbonyl (C=O) groups excluding carboxylic acids is 4. The van der Waals surface area contributed by atoms with Crippen molar-refractivity contribution in [1.29, 1.82) is 0 Å². The SMILES string of the molecule is O=C1CCC(N2C(=O)c3ccc(N[C@H]4C[C@H](Oc5ccc(S(=O)(=O)c6ccc(OCc7ccnc(N8CC9(COC9)C8)n7)cc6)cc5)C4)cc3C2=O)C(=O)N1. The van der Waals surface area contributed by atoms with E-state index >= 15 is 0 Å². The minimum atomic E-state index is -3.79. The summed E-state index contributed by atoms with van der Waals surface area (Å²) in [6.07, 6.45) is 3.08. The van der Waals surface area contributed by atoms with Gasteiger partial charge in [0.05, 0.1) is 45.2 Å². The number of hydrogen-bond acceptors (Lipinski definition) is 13. The standard InChI is InChI=1S/C39H36N6O9S/c46-34-12-11-33(35(47)43-34)45-36(48)31-10-1-23(17-32(31)37(45)49)41-25-15-28(16-25)54-27-4-8-30(9-5-27)55(50,51)29-6-2-26(3-7-29)53-18-24-13-14-40-38(42-24)44-19-39(20-44)21-52-22-39/h1-10,13-14,17,25,28,33,41H,11-12,15-16,18-22H2,(H,43,46,47)/t25-,28-,33?. The summed E-state index contributed by atoms with van der Waals surface area (Å²) in [5, 5.41) is 5.56. The Bertz CT molecular complexity index is 2320. The molecule has 4 amide bonds. The predicted octanol–water partition coefficient (Wildman–Crippen LogP) is 3.15. The molecule has 4 aromatic rings. The Morgan fingerprint density at radius 3 is 2.24 bits per heavy atom. The molecular weight excluding hydrogens is 729 g/mol. The van der Waals surface area contributed by atoms with Gasteiger partial charge < -0.3 is 24.4 Å². The first kappa shape index (κ1) is 34.9. The van der Waals surface area contributed by atoms with Crippen LogP contribution in [0, 0.1) is 5.41 Å². The van der Waals surface area contributed by atoms with Crippen molar-refractivity contribution in [3.05, 3.63) is 95.8 Å². The summed E-state index contributed by atoms with van der Waals surface area (Å²) in [6, 6.07) is 18.3. The Kier molecular flexibility index (Phi) is 8.53. The minimum absolute atomic E-state index is 0.0484. The van der Waals surface area contributed by atoms with Crippen molar-refractivity contribution in [2.24, 2.45) is 5.41 Å². The molecule has 16 heteroatoms. The van der Waals surface area contributed by atoms with Crippen molar-refractivity contribution >= 4 is 45.1 Å². The summed E-state index contributed by atoms with van der Waals surface area (Å²) >= 11 is 0. The van der Waals surface area contributed by atoms with Crippen LogP contribution in [-0.4, -0.2) is 91.4 Å². The fourth-order valence-corrected chi connectivity index (χ4v) is 8.83. The van der Waals surface area contributed by atoms with E-state index in [2.05, 4.69) is 25.5 Å². The molecule has 1 unspecified atom stereocenters. The second kappa shape index (κ2) is 13.5. The number of nitrogens with one attached hydrogen (secondary N) is 2. The Hall–Kier alpha value is -5.87. The van der Waals surface area contributed by atoms with Crippen LogP contribution in [-0.2, 0) is 30.8 Å². The van der Waals surface area contributed by atoms with E-state index in [0.717, 1.165) is 36.9 Å². The number of nitrogens with zero attached hydrogens (tertiary/aromatic N) is 4. The van der Waals surface area contributed by atoms with Crippen LogP contribution in [0.3, 0.4) is 0 Å². The lowest BCUT2D eigenvalue weighted by Gasteiger charge is -2.54. The number of hydrogen-bond donors (Lipinski definition) is 2. The van der Waals surface area contributed by atoms with Gasteiger partial charge in [0.2, 0.25) is 27.6 Å². The summed E-state index contributed by atoms with van der Waals surface area (Å²) in [5.74, 6) is -0.463. The highest BCUT2D eigenvalue weighted by molar-refractivity contribution is 7.91. The van der Waals surface area contributed by atoms with E-state index < -0.39 is 39.5 Å². The molecule has 4 aliphatic heterocycles. The first-order valence-electron chi connectivity index (χ1n) is 18.1. The zero-order valence-electron chi connectivity index (χ0n) is 29.5. The summed E-state index contributed by atoms with van der Waals surface area (Å²) < 4.78 is 44.1. The van der Waals surface area contributed by atoms with E-state index in [4.69, 9.17) is 14.2 Å². The number of fused-ring (bicyclic) bond motifs is 1. The van der Waals surface area contributed by atoms with Crippen LogP contribution >= 0.6 is 0 Å². The molecule has 0 bridgehead atoms. The maximum atomic E-state index is 13.4. The summed E-state index contributed by atoms with van der Waals surface area (Å²) in [5.41, 5.74) is 2.06. The van der Waals surface area contributed by atoms with E-state index in [0.29, 0.717) is 36.0 Å². The number of carbonyl (C=O) groups is 4. The van der Waals surface area contributed by atoms with Crippen molar-refractivity contribution in [3.8, 4) is 11.5 Å². The van der Waals surface area contributed by atoms with E-state index in [1.54, 1.807) is 54.7 Å². The van der Waals surface area contributed by atoms with Gasteiger partial charge in [0.25, 0.3) is 11.8 Å². The molecule has 1 saturated carbocycles. The molecule has 1 aliphatic carbocycles. The molecule has 1 spiro atoms. The minimum Gasteiger partial charge on any atom is -0.490 e. The van der Waals surface area contributed by atoms with E-state index in [-0.39, 0.29) is 57.9 Å². The number of benzene rings is 3. The quantitative estimate of drug-likeness (QED) is 0.213. The van der Waals surface area contributed by atoms with Gasteiger partial charge in [0, 0.05) is 50.3 Å². The van der Waals surface area contributed by atoms with Gasteiger partial charge in [-0.2, -0.15) is 0 Å². The monoisotopic (exact) mass is 764 g/mol. The normalized spacial score (nSPS) is 22.7. The van der Waals surface area contributed by atoms with Crippen LogP contribution in [0.25, 0.3) is 0 Å². The Balaban J connectivity index is 0.751. The molecule has 5 aliphatic rings. The Labute approximate surface area is 315 Å². The summed E-state index contributed by atoms with van der Waals surface area (Å²) in [6.45, 7) is 3.56. The lowest BCUT2D eigenvalue weighted by atomic mass is 9.78. The second-order valence-electron chi connectivity index (χ2n) is 14.7. The largest absolute Gasteiger partial charge is 0.490 e. The number of rotatable bonds is 11. The maximum Gasteiger partial charge on any atom is 0.262 e. The molecule has 282 valence electrons. The third kappa shape index (κ3) is 6.54. The van der Waals surface area contributed by atoms with Gasteiger partial charge in [-0.15, -0.1) is 0 Å². The molecule has 15 nitrogen and oxygen atoms in total. The molecule has 3 aromatic carbocycles. The van der Waals surface area contributed by atoms with Gasteiger partial charge in [-0.3, -0.25) is 29.4 Å². The predicted molar refractivity (Wildman–Crippen MR) is 194 cm³/mol. The van der Waals surface area contributed by atoms with Crippen molar-refractivity contribution in [3.63, 3.8) is 0 Å². The summed E-state index contributed by atoms with van der Waals surface area (Å²) in [7, 11) is -3.79. The van der Waals surface area contributed by atoms with E-state index in [1.807, 2.05) is 0 Å². The Morgan fingerprint density at radius 2 is 1.56 bits per heavy atom. The number of imide groups is 2. The molecule has 9 rings (SSSR count).